The van der Waals surface area contributed by atoms with Crippen molar-refractivity contribution in [2.45, 2.75) is 52.4 Å². The number of aromatic nitrogens is 4. The van der Waals surface area contributed by atoms with Crippen molar-refractivity contribution in [2.24, 2.45) is 0 Å². The lowest BCUT2D eigenvalue weighted by Crippen LogP contribution is -2.40. The molecule has 33 heavy (non-hydrogen) atoms. The summed E-state index contributed by atoms with van der Waals surface area (Å²) in [5.41, 5.74) is 7.19. The van der Waals surface area contributed by atoms with Gasteiger partial charge in [-0.3, -0.25) is 9.69 Å². The SMILES string of the molecule is CNC(=O)CN1CCC(c2sc3[nH]c(-c4cc(C)c5ncnn5c4)c(C(C)C)c3c2C)CC1. The van der Waals surface area contributed by atoms with E-state index in [1.165, 1.54) is 31.9 Å². The van der Waals surface area contributed by atoms with Crippen LogP contribution >= 0.6 is 11.3 Å². The van der Waals surface area contributed by atoms with Gasteiger partial charge in [0, 0.05) is 29.1 Å². The van der Waals surface area contributed by atoms with E-state index in [1.54, 1.807) is 13.4 Å². The average Bonchev–Trinajstić information content (AvgIpc) is 3.49. The Balaban J connectivity index is 1.50. The molecule has 0 atom stereocenters. The van der Waals surface area contributed by atoms with Crippen LogP contribution < -0.4 is 5.32 Å². The van der Waals surface area contributed by atoms with Gasteiger partial charge in [-0.05, 0) is 74.4 Å². The highest BCUT2D eigenvalue weighted by molar-refractivity contribution is 7.19. The third-order valence-corrected chi connectivity index (χ3v) is 8.36. The van der Waals surface area contributed by atoms with Crippen LogP contribution in [0.2, 0.25) is 0 Å². The molecule has 4 aromatic heterocycles. The number of H-pyrrole nitrogens is 1. The van der Waals surface area contributed by atoms with E-state index in [0.717, 1.165) is 42.7 Å². The van der Waals surface area contributed by atoms with E-state index >= 15 is 0 Å². The number of rotatable bonds is 5. The Morgan fingerprint density at radius 1 is 1.30 bits per heavy atom. The van der Waals surface area contributed by atoms with Crippen LogP contribution in [0.4, 0.5) is 0 Å². The number of piperidine rings is 1. The lowest BCUT2D eigenvalue weighted by Gasteiger charge is -2.31. The summed E-state index contributed by atoms with van der Waals surface area (Å²) in [6.45, 7) is 11.4. The van der Waals surface area contributed by atoms with E-state index < -0.39 is 0 Å². The molecule has 0 aliphatic carbocycles. The number of nitrogens with zero attached hydrogens (tertiary/aromatic N) is 4. The zero-order chi connectivity index (χ0) is 23.3. The number of amides is 1. The van der Waals surface area contributed by atoms with Crippen molar-refractivity contribution in [3.8, 4) is 11.3 Å². The second-order valence-electron chi connectivity index (χ2n) is 9.53. The third-order valence-electron chi connectivity index (χ3n) is 6.99. The monoisotopic (exact) mass is 464 g/mol. The van der Waals surface area contributed by atoms with Crippen LogP contribution in [0.1, 0.15) is 60.1 Å². The van der Waals surface area contributed by atoms with E-state index in [1.807, 2.05) is 15.9 Å². The largest absolute Gasteiger partial charge is 0.358 e. The molecule has 1 amide bonds. The summed E-state index contributed by atoms with van der Waals surface area (Å²) in [5, 5.41) is 8.50. The number of nitrogens with one attached hydrogen (secondary N) is 2. The zero-order valence-corrected chi connectivity index (χ0v) is 20.8. The molecule has 5 rings (SSSR count). The number of likely N-dealkylation sites (tertiary alicyclic amines) is 1. The first-order valence-electron chi connectivity index (χ1n) is 11.8. The van der Waals surface area contributed by atoms with Crippen molar-refractivity contribution in [1.82, 2.24) is 29.8 Å². The van der Waals surface area contributed by atoms with Gasteiger partial charge in [-0.15, -0.1) is 11.3 Å². The molecule has 1 aliphatic heterocycles. The van der Waals surface area contributed by atoms with Gasteiger partial charge in [0.25, 0.3) is 0 Å². The molecule has 0 saturated carbocycles. The van der Waals surface area contributed by atoms with Gasteiger partial charge in [-0.1, -0.05) is 13.8 Å². The van der Waals surface area contributed by atoms with Gasteiger partial charge in [0.2, 0.25) is 5.91 Å². The highest BCUT2D eigenvalue weighted by atomic mass is 32.1. The Hall–Kier alpha value is -2.71. The second-order valence-corrected chi connectivity index (χ2v) is 10.6. The second kappa shape index (κ2) is 8.57. The molecule has 5 heterocycles. The first-order chi connectivity index (χ1) is 15.9. The standard InChI is InChI=1S/C25H32N6OS/c1-14(2)20-21-16(4)23(17-6-8-30(9-7-17)12-19(32)26-5)33-25(21)29-22(20)18-10-15(3)24-27-13-28-31(24)11-18/h10-11,13-14,17,29H,6-9,12H2,1-5H3,(H,26,32). The Bertz CT molecular complexity index is 1320. The lowest BCUT2D eigenvalue weighted by molar-refractivity contribution is -0.122. The van der Waals surface area contributed by atoms with Crippen molar-refractivity contribution in [2.75, 3.05) is 26.7 Å². The summed E-state index contributed by atoms with van der Waals surface area (Å²) >= 11 is 1.92. The molecular formula is C25H32N6OS. The smallest absolute Gasteiger partial charge is 0.233 e. The number of thiophene rings is 1. The molecule has 1 saturated heterocycles. The van der Waals surface area contributed by atoms with Crippen molar-refractivity contribution in [3.05, 3.63) is 40.2 Å². The minimum Gasteiger partial charge on any atom is -0.358 e. The van der Waals surface area contributed by atoms with Crippen molar-refractivity contribution in [3.63, 3.8) is 0 Å². The fourth-order valence-corrected chi connectivity index (χ4v) is 6.71. The molecule has 1 fully saturated rings. The molecule has 174 valence electrons. The number of pyridine rings is 1. The number of aryl methyl sites for hydroxylation is 2. The zero-order valence-electron chi connectivity index (χ0n) is 20.0. The summed E-state index contributed by atoms with van der Waals surface area (Å²) < 4.78 is 1.87. The number of carbonyl (C=O) groups excluding carboxylic acids is 1. The van der Waals surface area contributed by atoms with Crippen LogP contribution in [-0.2, 0) is 4.79 Å². The Morgan fingerprint density at radius 2 is 2.06 bits per heavy atom. The topological polar surface area (TPSA) is 78.3 Å². The molecule has 0 spiro atoms. The highest BCUT2D eigenvalue weighted by Crippen LogP contribution is 2.45. The fourth-order valence-electron chi connectivity index (χ4n) is 5.31. The average molecular weight is 465 g/mol. The molecule has 8 heteroatoms. The molecule has 0 aromatic carbocycles. The number of aromatic amines is 1. The molecule has 1 aliphatic rings. The molecule has 4 aromatic rings. The maximum atomic E-state index is 11.7. The minimum atomic E-state index is 0.0995. The first kappa shape index (κ1) is 22.1. The maximum Gasteiger partial charge on any atom is 0.233 e. The van der Waals surface area contributed by atoms with E-state index in [2.05, 4.69) is 65.2 Å². The molecular weight excluding hydrogens is 432 g/mol. The summed E-state index contributed by atoms with van der Waals surface area (Å²) in [4.78, 5) is 24.9. The lowest BCUT2D eigenvalue weighted by atomic mass is 9.90. The van der Waals surface area contributed by atoms with Crippen molar-refractivity contribution >= 4 is 33.1 Å². The van der Waals surface area contributed by atoms with Crippen molar-refractivity contribution < 1.29 is 4.79 Å². The third kappa shape index (κ3) is 3.85. The van der Waals surface area contributed by atoms with Gasteiger partial charge in [0.15, 0.2) is 5.65 Å². The van der Waals surface area contributed by atoms with Crippen LogP contribution in [0.3, 0.4) is 0 Å². The Kier molecular flexibility index (Phi) is 5.74. The number of hydrogen-bond acceptors (Lipinski definition) is 5. The van der Waals surface area contributed by atoms with E-state index in [4.69, 9.17) is 0 Å². The normalized spacial score (nSPS) is 15.8. The van der Waals surface area contributed by atoms with Crippen LogP contribution in [0.5, 0.6) is 0 Å². The van der Waals surface area contributed by atoms with Gasteiger partial charge < -0.3 is 10.3 Å². The molecule has 0 radical (unpaired) electrons. The summed E-state index contributed by atoms with van der Waals surface area (Å²) in [7, 11) is 1.71. The van der Waals surface area contributed by atoms with Gasteiger partial charge >= 0.3 is 0 Å². The van der Waals surface area contributed by atoms with Crippen LogP contribution in [0, 0.1) is 13.8 Å². The number of carbonyl (C=O) groups is 1. The fraction of sp³-hybridized carbons (Fsp3) is 0.480. The van der Waals surface area contributed by atoms with Gasteiger partial charge in [0.1, 0.15) is 11.2 Å². The highest BCUT2D eigenvalue weighted by Gasteiger charge is 2.28. The van der Waals surface area contributed by atoms with Crippen LogP contribution in [0.25, 0.3) is 27.1 Å². The Morgan fingerprint density at radius 3 is 2.76 bits per heavy atom. The first-order valence-corrected chi connectivity index (χ1v) is 12.6. The predicted molar refractivity (Wildman–Crippen MR) is 134 cm³/mol. The molecule has 0 unspecified atom stereocenters. The summed E-state index contributed by atoms with van der Waals surface area (Å²) in [5.74, 6) is 1.06. The summed E-state index contributed by atoms with van der Waals surface area (Å²) in [6, 6.07) is 2.21. The van der Waals surface area contributed by atoms with Gasteiger partial charge in [-0.2, -0.15) is 5.10 Å². The molecule has 0 bridgehead atoms. The minimum absolute atomic E-state index is 0.0995. The van der Waals surface area contributed by atoms with Gasteiger partial charge in [-0.25, -0.2) is 9.50 Å². The molecule has 7 nitrogen and oxygen atoms in total. The quantitative estimate of drug-likeness (QED) is 0.452. The van der Waals surface area contributed by atoms with E-state index in [-0.39, 0.29) is 5.91 Å². The Labute approximate surface area is 198 Å². The predicted octanol–water partition coefficient (Wildman–Crippen LogP) is 4.60. The maximum absolute atomic E-state index is 11.7. The number of likely N-dealkylation sites (N-methyl/N-ethyl adjacent to an activating group) is 1. The number of hydrogen-bond donors (Lipinski definition) is 2. The molecule has 2 N–H and O–H groups in total. The van der Waals surface area contributed by atoms with Crippen molar-refractivity contribution in [1.29, 1.82) is 0 Å². The summed E-state index contributed by atoms with van der Waals surface area (Å²) in [6.07, 6.45) is 5.90. The van der Waals surface area contributed by atoms with Crippen LogP contribution in [-0.4, -0.2) is 57.1 Å². The number of fused-ring (bicyclic) bond motifs is 2. The van der Waals surface area contributed by atoms with E-state index in [0.29, 0.717) is 18.4 Å². The van der Waals surface area contributed by atoms with Crippen LogP contribution in [0.15, 0.2) is 18.6 Å². The van der Waals surface area contributed by atoms with E-state index in [9.17, 15) is 4.79 Å². The van der Waals surface area contributed by atoms with Gasteiger partial charge in [0.05, 0.1) is 12.2 Å².